The third-order valence-corrected chi connectivity index (χ3v) is 4.81. The zero-order valence-electron chi connectivity index (χ0n) is 13.3. The van der Waals surface area contributed by atoms with Crippen LogP contribution in [0.3, 0.4) is 0 Å². The number of furan rings is 1. The van der Waals surface area contributed by atoms with Crippen molar-refractivity contribution in [3.63, 3.8) is 0 Å². The fraction of sp³-hybridized carbons (Fsp3) is 0.125. The SMILES string of the molecule is O=S(=O)(NCCNc1nccc(-c2ccco2)n1)c1ccc(F)cc1F. The van der Waals surface area contributed by atoms with Gasteiger partial charge in [-0.1, -0.05) is 0 Å². The Morgan fingerprint density at radius 3 is 2.69 bits per heavy atom. The smallest absolute Gasteiger partial charge is 0.243 e. The Balaban J connectivity index is 1.58. The minimum atomic E-state index is -4.09. The molecule has 10 heteroatoms. The van der Waals surface area contributed by atoms with Crippen LogP contribution in [0.2, 0.25) is 0 Å². The Morgan fingerprint density at radius 2 is 1.96 bits per heavy atom. The Labute approximate surface area is 148 Å². The Morgan fingerprint density at radius 1 is 1.12 bits per heavy atom. The van der Waals surface area contributed by atoms with Crippen molar-refractivity contribution in [2.45, 2.75) is 4.90 Å². The molecule has 3 aromatic rings. The number of nitrogens with one attached hydrogen (secondary N) is 2. The molecule has 0 radical (unpaired) electrons. The van der Waals surface area contributed by atoms with Crippen molar-refractivity contribution < 1.29 is 21.6 Å². The number of benzene rings is 1. The fourth-order valence-electron chi connectivity index (χ4n) is 2.14. The lowest BCUT2D eigenvalue weighted by Crippen LogP contribution is -2.29. The number of aromatic nitrogens is 2. The van der Waals surface area contributed by atoms with Crippen molar-refractivity contribution in [3.8, 4) is 11.5 Å². The van der Waals surface area contributed by atoms with Crippen molar-refractivity contribution in [2.75, 3.05) is 18.4 Å². The molecule has 0 saturated heterocycles. The summed E-state index contributed by atoms with van der Waals surface area (Å²) in [5, 5.41) is 2.85. The van der Waals surface area contributed by atoms with Gasteiger partial charge in [-0.15, -0.1) is 0 Å². The predicted molar refractivity (Wildman–Crippen MR) is 89.8 cm³/mol. The summed E-state index contributed by atoms with van der Waals surface area (Å²) in [6.07, 6.45) is 3.05. The van der Waals surface area contributed by atoms with Gasteiger partial charge in [-0.3, -0.25) is 0 Å². The molecule has 0 amide bonds. The van der Waals surface area contributed by atoms with Crippen molar-refractivity contribution >= 4 is 16.0 Å². The van der Waals surface area contributed by atoms with Gasteiger partial charge in [-0.25, -0.2) is 31.9 Å². The maximum Gasteiger partial charge on any atom is 0.243 e. The van der Waals surface area contributed by atoms with Gasteiger partial charge in [0.05, 0.1) is 6.26 Å². The number of nitrogens with zero attached hydrogens (tertiary/aromatic N) is 2. The van der Waals surface area contributed by atoms with Crippen LogP contribution in [0.4, 0.5) is 14.7 Å². The molecule has 3 rings (SSSR count). The van der Waals surface area contributed by atoms with Gasteiger partial charge in [0, 0.05) is 25.4 Å². The second-order valence-corrected chi connectivity index (χ2v) is 6.88. The average Bonchev–Trinajstić information content (AvgIpc) is 3.13. The van der Waals surface area contributed by atoms with Crippen LogP contribution in [0, 0.1) is 11.6 Å². The molecule has 2 aromatic heterocycles. The molecule has 0 atom stereocenters. The van der Waals surface area contributed by atoms with E-state index in [0.29, 0.717) is 17.5 Å². The van der Waals surface area contributed by atoms with Crippen LogP contribution < -0.4 is 10.0 Å². The van der Waals surface area contributed by atoms with E-state index in [2.05, 4.69) is 20.0 Å². The molecular weight excluding hydrogens is 366 g/mol. The molecule has 0 aliphatic heterocycles. The van der Waals surface area contributed by atoms with Gasteiger partial charge in [-0.05, 0) is 30.3 Å². The maximum absolute atomic E-state index is 13.6. The second kappa shape index (κ2) is 7.58. The Hall–Kier alpha value is -2.85. The number of hydrogen-bond acceptors (Lipinski definition) is 6. The molecular formula is C16H14F2N4O3S. The summed E-state index contributed by atoms with van der Waals surface area (Å²) < 4.78 is 58.0. The molecule has 0 bridgehead atoms. The summed E-state index contributed by atoms with van der Waals surface area (Å²) in [4.78, 5) is 7.64. The van der Waals surface area contributed by atoms with Gasteiger partial charge < -0.3 is 9.73 Å². The van der Waals surface area contributed by atoms with Crippen molar-refractivity contribution in [2.24, 2.45) is 0 Å². The van der Waals surface area contributed by atoms with Gasteiger partial charge in [-0.2, -0.15) is 0 Å². The molecule has 7 nitrogen and oxygen atoms in total. The number of anilines is 1. The van der Waals surface area contributed by atoms with E-state index in [9.17, 15) is 17.2 Å². The van der Waals surface area contributed by atoms with E-state index < -0.39 is 26.6 Å². The number of rotatable bonds is 7. The molecule has 26 heavy (non-hydrogen) atoms. The standard InChI is InChI=1S/C16H14F2N4O3S/c17-11-3-4-15(12(18)10-11)26(23,24)21-8-7-20-16-19-6-5-13(22-16)14-2-1-9-25-14/h1-6,9-10,21H,7-8H2,(H,19,20,22). The lowest BCUT2D eigenvalue weighted by atomic mass is 10.3. The first kappa shape index (κ1) is 18.0. The van der Waals surface area contributed by atoms with Crippen LogP contribution in [0.5, 0.6) is 0 Å². The first-order valence-corrected chi connectivity index (χ1v) is 8.99. The third-order valence-electron chi connectivity index (χ3n) is 3.31. The zero-order chi connectivity index (χ0) is 18.6. The van der Waals surface area contributed by atoms with Crippen LogP contribution in [0.15, 0.2) is 58.2 Å². The minimum Gasteiger partial charge on any atom is -0.463 e. The normalized spacial score (nSPS) is 11.5. The first-order chi connectivity index (χ1) is 12.5. The summed E-state index contributed by atoms with van der Waals surface area (Å²) >= 11 is 0. The molecule has 0 aliphatic carbocycles. The lowest BCUT2D eigenvalue weighted by molar-refractivity contribution is 0.543. The predicted octanol–water partition coefficient (Wildman–Crippen LogP) is 2.41. The zero-order valence-corrected chi connectivity index (χ0v) is 14.1. The van der Waals surface area contributed by atoms with E-state index in [1.165, 1.54) is 12.5 Å². The highest BCUT2D eigenvalue weighted by atomic mass is 32.2. The monoisotopic (exact) mass is 380 g/mol. The quantitative estimate of drug-likeness (QED) is 0.611. The molecule has 1 aromatic carbocycles. The summed E-state index contributed by atoms with van der Waals surface area (Å²) in [6.45, 7) is 0.108. The summed E-state index contributed by atoms with van der Waals surface area (Å²) in [7, 11) is -4.09. The number of sulfonamides is 1. The van der Waals surface area contributed by atoms with Crippen molar-refractivity contribution in [1.29, 1.82) is 0 Å². The first-order valence-electron chi connectivity index (χ1n) is 7.51. The largest absolute Gasteiger partial charge is 0.463 e. The van der Waals surface area contributed by atoms with Crippen LogP contribution in [-0.4, -0.2) is 31.5 Å². The second-order valence-electron chi connectivity index (χ2n) is 5.14. The Kier molecular flexibility index (Phi) is 5.24. The topological polar surface area (TPSA) is 97.1 Å². The van der Waals surface area contributed by atoms with Gasteiger partial charge in [0.1, 0.15) is 22.2 Å². The summed E-state index contributed by atoms with van der Waals surface area (Å²) in [5.74, 6) is -1.15. The number of hydrogen-bond donors (Lipinski definition) is 2. The maximum atomic E-state index is 13.6. The van der Waals surface area contributed by atoms with E-state index in [-0.39, 0.29) is 19.0 Å². The van der Waals surface area contributed by atoms with E-state index in [4.69, 9.17) is 4.42 Å². The highest BCUT2D eigenvalue weighted by Crippen LogP contribution is 2.17. The van der Waals surface area contributed by atoms with Crippen molar-refractivity contribution in [3.05, 3.63) is 60.5 Å². The van der Waals surface area contributed by atoms with Gasteiger partial charge in [0.15, 0.2) is 5.76 Å². The van der Waals surface area contributed by atoms with E-state index in [1.807, 2.05) is 0 Å². The molecule has 136 valence electrons. The third kappa shape index (κ3) is 4.21. The minimum absolute atomic E-state index is 0.0481. The van der Waals surface area contributed by atoms with Crippen molar-refractivity contribution in [1.82, 2.24) is 14.7 Å². The summed E-state index contributed by atoms with van der Waals surface area (Å²) in [6, 6.07) is 7.41. The average molecular weight is 380 g/mol. The fourth-order valence-corrected chi connectivity index (χ4v) is 3.23. The summed E-state index contributed by atoms with van der Waals surface area (Å²) in [5.41, 5.74) is 0.571. The van der Waals surface area contributed by atoms with Crippen LogP contribution >= 0.6 is 0 Å². The van der Waals surface area contributed by atoms with Gasteiger partial charge in [0.2, 0.25) is 16.0 Å². The molecule has 0 unspecified atom stereocenters. The highest BCUT2D eigenvalue weighted by molar-refractivity contribution is 7.89. The van der Waals surface area contributed by atoms with E-state index in [0.717, 1.165) is 12.1 Å². The Bertz CT molecular complexity index is 994. The van der Waals surface area contributed by atoms with Gasteiger partial charge in [0.25, 0.3) is 0 Å². The molecule has 0 fully saturated rings. The molecule has 2 heterocycles. The van der Waals surface area contributed by atoms with Gasteiger partial charge >= 0.3 is 0 Å². The van der Waals surface area contributed by atoms with E-state index >= 15 is 0 Å². The van der Waals surface area contributed by atoms with Crippen LogP contribution in [-0.2, 0) is 10.0 Å². The lowest BCUT2D eigenvalue weighted by Gasteiger charge is -2.09. The number of halogens is 2. The molecule has 2 N–H and O–H groups in total. The van der Waals surface area contributed by atoms with Crippen LogP contribution in [0.1, 0.15) is 0 Å². The molecule has 0 saturated carbocycles. The highest BCUT2D eigenvalue weighted by Gasteiger charge is 2.18. The van der Waals surface area contributed by atoms with Crippen LogP contribution in [0.25, 0.3) is 11.5 Å². The molecule has 0 aliphatic rings. The van der Waals surface area contributed by atoms with E-state index in [1.54, 1.807) is 18.2 Å². The molecule has 0 spiro atoms.